The van der Waals surface area contributed by atoms with Gasteiger partial charge in [-0.25, -0.2) is 8.42 Å². The second kappa shape index (κ2) is 6.44. The van der Waals surface area contributed by atoms with Crippen LogP contribution in [0, 0.1) is 5.92 Å². The van der Waals surface area contributed by atoms with E-state index in [2.05, 4.69) is 10.0 Å². The molecule has 0 aromatic heterocycles. The van der Waals surface area contributed by atoms with E-state index in [1.807, 2.05) is 0 Å². The molecule has 0 heterocycles. The summed E-state index contributed by atoms with van der Waals surface area (Å²) in [5.41, 5.74) is 6.96. The van der Waals surface area contributed by atoms with E-state index in [1.54, 1.807) is 24.3 Å². The molecule has 1 saturated carbocycles. The summed E-state index contributed by atoms with van der Waals surface area (Å²) in [4.78, 5) is 12.1. The van der Waals surface area contributed by atoms with Crippen molar-refractivity contribution in [3.05, 3.63) is 24.3 Å². The Morgan fingerprint density at radius 3 is 2.14 bits per heavy atom. The van der Waals surface area contributed by atoms with Crippen LogP contribution in [-0.4, -0.2) is 26.6 Å². The SMILES string of the molecule is CS(=O)(=O)Nc1ccc(NC(=O)C2CCC(N)CC2)cc1. The molecule has 0 bridgehead atoms. The molecule has 0 unspecified atom stereocenters. The van der Waals surface area contributed by atoms with Crippen LogP contribution in [0.5, 0.6) is 0 Å². The van der Waals surface area contributed by atoms with Crippen molar-refractivity contribution in [1.29, 1.82) is 0 Å². The largest absolute Gasteiger partial charge is 0.328 e. The minimum absolute atomic E-state index is 0.00530. The molecule has 2 rings (SSSR count). The van der Waals surface area contributed by atoms with Crippen LogP contribution in [0.1, 0.15) is 25.7 Å². The number of hydrogen-bond donors (Lipinski definition) is 3. The first-order valence-electron chi connectivity index (χ1n) is 6.98. The molecular formula is C14H21N3O3S. The number of rotatable bonds is 4. The predicted molar refractivity (Wildman–Crippen MR) is 83.5 cm³/mol. The first kappa shape index (κ1) is 15.8. The number of nitrogens with one attached hydrogen (secondary N) is 2. The van der Waals surface area contributed by atoms with Crippen molar-refractivity contribution >= 4 is 27.3 Å². The fourth-order valence-corrected chi connectivity index (χ4v) is 3.03. The summed E-state index contributed by atoms with van der Waals surface area (Å²) < 4.78 is 24.6. The van der Waals surface area contributed by atoms with E-state index < -0.39 is 10.0 Å². The fraction of sp³-hybridized carbons (Fsp3) is 0.500. The number of amides is 1. The molecule has 1 fully saturated rings. The lowest BCUT2D eigenvalue weighted by Crippen LogP contribution is -2.32. The highest BCUT2D eigenvalue weighted by Crippen LogP contribution is 2.25. The molecule has 0 saturated heterocycles. The molecule has 1 aromatic rings. The molecule has 21 heavy (non-hydrogen) atoms. The Morgan fingerprint density at radius 2 is 1.62 bits per heavy atom. The molecule has 0 spiro atoms. The second-order valence-corrected chi connectivity index (χ2v) is 7.30. The summed E-state index contributed by atoms with van der Waals surface area (Å²) in [5.74, 6) is 0.0179. The topological polar surface area (TPSA) is 101 Å². The van der Waals surface area contributed by atoms with Gasteiger partial charge in [0.2, 0.25) is 15.9 Å². The fourth-order valence-electron chi connectivity index (χ4n) is 2.46. The zero-order valence-corrected chi connectivity index (χ0v) is 12.8. The van der Waals surface area contributed by atoms with Crippen LogP contribution in [-0.2, 0) is 14.8 Å². The van der Waals surface area contributed by atoms with Crippen LogP contribution in [0.15, 0.2) is 24.3 Å². The van der Waals surface area contributed by atoms with Gasteiger partial charge in [-0.05, 0) is 49.9 Å². The molecule has 0 atom stereocenters. The molecule has 1 amide bonds. The van der Waals surface area contributed by atoms with Crippen LogP contribution in [0.25, 0.3) is 0 Å². The van der Waals surface area contributed by atoms with Gasteiger partial charge >= 0.3 is 0 Å². The first-order valence-corrected chi connectivity index (χ1v) is 8.87. The molecule has 0 radical (unpaired) electrons. The summed E-state index contributed by atoms with van der Waals surface area (Å²) in [6.45, 7) is 0. The molecule has 7 heteroatoms. The lowest BCUT2D eigenvalue weighted by Gasteiger charge is -2.25. The van der Waals surface area contributed by atoms with Gasteiger partial charge in [-0.3, -0.25) is 9.52 Å². The van der Waals surface area contributed by atoms with E-state index in [0.29, 0.717) is 11.4 Å². The van der Waals surface area contributed by atoms with Crippen molar-refractivity contribution < 1.29 is 13.2 Å². The van der Waals surface area contributed by atoms with Gasteiger partial charge in [0.25, 0.3) is 0 Å². The number of benzene rings is 1. The zero-order valence-electron chi connectivity index (χ0n) is 12.0. The highest BCUT2D eigenvalue weighted by molar-refractivity contribution is 7.92. The Bertz CT molecular complexity index is 590. The summed E-state index contributed by atoms with van der Waals surface area (Å²) in [5, 5.41) is 2.86. The van der Waals surface area contributed by atoms with E-state index in [9.17, 15) is 13.2 Å². The highest BCUT2D eigenvalue weighted by atomic mass is 32.2. The number of nitrogens with two attached hydrogens (primary N) is 1. The molecular weight excluding hydrogens is 290 g/mol. The standard InChI is InChI=1S/C14H21N3O3S/c1-21(19,20)17-13-8-6-12(7-9-13)16-14(18)10-2-4-11(15)5-3-10/h6-11,17H,2-5,15H2,1H3,(H,16,18). The normalized spacial score (nSPS) is 22.6. The summed E-state index contributed by atoms with van der Waals surface area (Å²) in [6, 6.07) is 6.82. The second-order valence-electron chi connectivity index (χ2n) is 5.55. The van der Waals surface area contributed by atoms with E-state index in [4.69, 9.17) is 5.73 Å². The van der Waals surface area contributed by atoms with Crippen molar-refractivity contribution in [2.24, 2.45) is 11.7 Å². The lowest BCUT2D eigenvalue weighted by atomic mass is 9.86. The molecule has 4 N–H and O–H groups in total. The van der Waals surface area contributed by atoms with Gasteiger partial charge < -0.3 is 11.1 Å². The van der Waals surface area contributed by atoms with Gasteiger partial charge in [0, 0.05) is 23.3 Å². The quantitative estimate of drug-likeness (QED) is 0.784. The van der Waals surface area contributed by atoms with E-state index >= 15 is 0 Å². The van der Waals surface area contributed by atoms with Crippen molar-refractivity contribution in [3.63, 3.8) is 0 Å². The maximum atomic E-state index is 12.1. The van der Waals surface area contributed by atoms with E-state index in [1.165, 1.54) is 0 Å². The molecule has 1 aliphatic carbocycles. The van der Waals surface area contributed by atoms with E-state index in [-0.39, 0.29) is 17.9 Å². The number of sulfonamides is 1. The van der Waals surface area contributed by atoms with Gasteiger partial charge in [0.15, 0.2) is 0 Å². The summed E-state index contributed by atoms with van der Waals surface area (Å²) in [7, 11) is -3.28. The van der Waals surface area contributed by atoms with Crippen LogP contribution in [0.2, 0.25) is 0 Å². The average Bonchev–Trinajstić information content (AvgIpc) is 2.40. The summed E-state index contributed by atoms with van der Waals surface area (Å²) >= 11 is 0. The lowest BCUT2D eigenvalue weighted by molar-refractivity contribution is -0.120. The van der Waals surface area contributed by atoms with Gasteiger partial charge in [0.05, 0.1) is 6.26 Å². The first-order chi connectivity index (χ1) is 9.83. The molecule has 6 nitrogen and oxygen atoms in total. The number of anilines is 2. The van der Waals surface area contributed by atoms with Crippen LogP contribution in [0.4, 0.5) is 11.4 Å². The third kappa shape index (κ3) is 5.02. The number of carbonyl (C=O) groups excluding carboxylic acids is 1. The number of hydrogen-bond acceptors (Lipinski definition) is 4. The average molecular weight is 311 g/mol. The Kier molecular flexibility index (Phi) is 4.84. The minimum atomic E-state index is -3.28. The van der Waals surface area contributed by atoms with Gasteiger partial charge in [-0.2, -0.15) is 0 Å². The van der Waals surface area contributed by atoms with Gasteiger partial charge in [-0.15, -0.1) is 0 Å². The van der Waals surface area contributed by atoms with Crippen molar-refractivity contribution in [1.82, 2.24) is 0 Å². The van der Waals surface area contributed by atoms with Crippen molar-refractivity contribution in [3.8, 4) is 0 Å². The van der Waals surface area contributed by atoms with Crippen molar-refractivity contribution in [2.75, 3.05) is 16.3 Å². The Labute approximate surface area is 125 Å². The smallest absolute Gasteiger partial charge is 0.229 e. The van der Waals surface area contributed by atoms with Gasteiger partial charge in [-0.1, -0.05) is 0 Å². The summed E-state index contributed by atoms with van der Waals surface area (Å²) in [6.07, 6.45) is 4.50. The Morgan fingerprint density at radius 1 is 1.10 bits per heavy atom. The molecule has 1 aliphatic rings. The van der Waals surface area contributed by atoms with Crippen LogP contribution < -0.4 is 15.8 Å². The number of carbonyl (C=O) groups is 1. The molecule has 116 valence electrons. The third-order valence-electron chi connectivity index (χ3n) is 3.60. The Hall–Kier alpha value is -1.60. The van der Waals surface area contributed by atoms with Crippen LogP contribution >= 0.6 is 0 Å². The molecule has 1 aromatic carbocycles. The maximum Gasteiger partial charge on any atom is 0.229 e. The van der Waals surface area contributed by atoms with Crippen LogP contribution in [0.3, 0.4) is 0 Å². The monoisotopic (exact) mass is 311 g/mol. The minimum Gasteiger partial charge on any atom is -0.328 e. The zero-order chi connectivity index (χ0) is 15.5. The Balaban J connectivity index is 1.92. The van der Waals surface area contributed by atoms with E-state index in [0.717, 1.165) is 31.9 Å². The maximum absolute atomic E-state index is 12.1. The molecule has 0 aliphatic heterocycles. The van der Waals surface area contributed by atoms with Gasteiger partial charge in [0.1, 0.15) is 0 Å². The third-order valence-corrected chi connectivity index (χ3v) is 4.20. The highest BCUT2D eigenvalue weighted by Gasteiger charge is 2.24. The predicted octanol–water partition coefficient (Wildman–Crippen LogP) is 1.51. The van der Waals surface area contributed by atoms with Crippen molar-refractivity contribution in [2.45, 2.75) is 31.7 Å².